The van der Waals surface area contributed by atoms with Crippen LogP contribution < -0.4 is 5.73 Å². The Kier molecular flexibility index (Phi) is 5.83. The zero-order chi connectivity index (χ0) is 9.52. The van der Waals surface area contributed by atoms with E-state index in [1.165, 1.54) is 38.2 Å². The third-order valence-electron chi connectivity index (χ3n) is 2.69. The minimum absolute atomic E-state index is 0.821. The summed E-state index contributed by atoms with van der Waals surface area (Å²) in [6, 6.07) is 0. The monoisotopic (exact) mass is 202 g/mol. The van der Waals surface area contributed by atoms with E-state index < -0.39 is 0 Å². The Morgan fingerprint density at radius 2 is 2.00 bits per heavy atom. The highest BCUT2D eigenvalue weighted by Gasteiger charge is 2.14. The first-order valence-corrected chi connectivity index (χ1v) is 6.48. The zero-order valence-corrected chi connectivity index (χ0v) is 9.48. The number of hydrogen-bond donors (Lipinski definition) is 1. The molecular formula is C10H22N2S. The lowest BCUT2D eigenvalue weighted by molar-refractivity contribution is 0.203. The number of thioether (sulfide) groups is 1. The Morgan fingerprint density at radius 3 is 2.62 bits per heavy atom. The Morgan fingerprint density at radius 1 is 1.31 bits per heavy atom. The summed E-state index contributed by atoms with van der Waals surface area (Å²) >= 11 is 1.98. The molecule has 1 aliphatic rings. The van der Waals surface area contributed by atoms with E-state index >= 15 is 0 Å². The van der Waals surface area contributed by atoms with Crippen molar-refractivity contribution in [3.63, 3.8) is 0 Å². The van der Waals surface area contributed by atoms with E-state index in [-0.39, 0.29) is 0 Å². The summed E-state index contributed by atoms with van der Waals surface area (Å²) in [6.07, 6.45) is 2.78. The molecule has 0 bridgehead atoms. The van der Waals surface area contributed by atoms with Crippen LogP contribution in [0.3, 0.4) is 0 Å². The molecule has 0 unspecified atom stereocenters. The molecule has 1 saturated heterocycles. The molecular weight excluding hydrogens is 180 g/mol. The quantitative estimate of drug-likeness (QED) is 0.684. The maximum absolute atomic E-state index is 5.43. The van der Waals surface area contributed by atoms with Gasteiger partial charge in [0.25, 0.3) is 0 Å². The second-order valence-electron chi connectivity index (χ2n) is 3.93. The number of piperidine rings is 1. The molecule has 0 aromatic heterocycles. The molecule has 3 heteroatoms. The van der Waals surface area contributed by atoms with Crippen molar-refractivity contribution in [2.24, 2.45) is 11.7 Å². The van der Waals surface area contributed by atoms with E-state index in [2.05, 4.69) is 11.8 Å². The molecule has 2 N–H and O–H groups in total. The first-order valence-electron chi connectivity index (χ1n) is 5.33. The number of hydrogen-bond acceptors (Lipinski definition) is 3. The average molecular weight is 202 g/mol. The van der Waals surface area contributed by atoms with Gasteiger partial charge in [0.2, 0.25) is 0 Å². The molecule has 0 atom stereocenters. The van der Waals surface area contributed by atoms with E-state index in [4.69, 9.17) is 5.73 Å². The average Bonchev–Trinajstić information content (AvgIpc) is 2.15. The predicted octanol–water partition coefficient (Wildman–Crippen LogP) is 1.41. The lowest BCUT2D eigenvalue weighted by Crippen LogP contribution is -2.34. The molecule has 2 nitrogen and oxygen atoms in total. The number of nitrogens with zero attached hydrogens (tertiary/aromatic N) is 1. The molecule has 0 saturated carbocycles. The fourth-order valence-corrected chi connectivity index (χ4v) is 2.42. The van der Waals surface area contributed by atoms with Crippen LogP contribution >= 0.6 is 11.8 Å². The lowest BCUT2D eigenvalue weighted by atomic mass is 9.99. The topological polar surface area (TPSA) is 29.3 Å². The van der Waals surface area contributed by atoms with Crippen LogP contribution in [0.5, 0.6) is 0 Å². The summed E-state index contributed by atoms with van der Waals surface area (Å²) in [7, 11) is 0. The van der Waals surface area contributed by atoms with Crippen molar-refractivity contribution < 1.29 is 0 Å². The van der Waals surface area contributed by atoms with Crippen molar-refractivity contribution in [1.82, 2.24) is 4.90 Å². The summed E-state index contributed by atoms with van der Waals surface area (Å²) in [6.45, 7) is 7.06. The molecule has 0 aromatic rings. The molecule has 78 valence electrons. The van der Waals surface area contributed by atoms with Crippen LogP contribution in [0, 0.1) is 5.92 Å². The van der Waals surface area contributed by atoms with Gasteiger partial charge in [-0.25, -0.2) is 0 Å². The third kappa shape index (κ3) is 4.89. The lowest BCUT2D eigenvalue weighted by Gasteiger charge is -2.29. The molecule has 1 rings (SSSR count). The van der Waals surface area contributed by atoms with Gasteiger partial charge in [0.05, 0.1) is 0 Å². The van der Waals surface area contributed by atoms with E-state index in [0.29, 0.717) is 0 Å². The standard InChI is InChI=1S/C10H22N2S/c1-10-2-5-12(6-3-10)7-9-13-8-4-11/h10H,2-9,11H2,1H3. The Labute approximate surface area is 86.2 Å². The van der Waals surface area contributed by atoms with Crippen molar-refractivity contribution in [2.75, 3.05) is 37.7 Å². The van der Waals surface area contributed by atoms with Crippen LogP contribution in [0.25, 0.3) is 0 Å². The normalized spacial score (nSPS) is 20.8. The van der Waals surface area contributed by atoms with Crippen molar-refractivity contribution in [3.8, 4) is 0 Å². The second-order valence-corrected chi connectivity index (χ2v) is 5.15. The van der Waals surface area contributed by atoms with Crippen LogP contribution in [0.15, 0.2) is 0 Å². The van der Waals surface area contributed by atoms with Crippen molar-refractivity contribution in [2.45, 2.75) is 19.8 Å². The molecule has 0 radical (unpaired) electrons. The molecule has 0 aromatic carbocycles. The fraction of sp³-hybridized carbons (Fsp3) is 1.00. The highest BCUT2D eigenvalue weighted by atomic mass is 32.2. The maximum Gasteiger partial charge on any atom is 0.00723 e. The SMILES string of the molecule is CC1CCN(CCSCCN)CC1. The summed E-state index contributed by atoms with van der Waals surface area (Å²) in [5, 5.41) is 0. The fourth-order valence-electron chi connectivity index (χ4n) is 1.66. The van der Waals surface area contributed by atoms with Crippen LogP contribution in [-0.4, -0.2) is 42.6 Å². The van der Waals surface area contributed by atoms with Gasteiger partial charge >= 0.3 is 0 Å². The van der Waals surface area contributed by atoms with Crippen molar-refractivity contribution in [3.05, 3.63) is 0 Å². The first-order chi connectivity index (χ1) is 6.33. The van der Waals surface area contributed by atoms with Gasteiger partial charge in [-0.15, -0.1) is 0 Å². The Bertz CT molecular complexity index is 122. The molecule has 13 heavy (non-hydrogen) atoms. The van der Waals surface area contributed by atoms with Gasteiger partial charge in [0.15, 0.2) is 0 Å². The minimum atomic E-state index is 0.821. The highest BCUT2D eigenvalue weighted by Crippen LogP contribution is 2.15. The molecule has 1 aliphatic heterocycles. The van der Waals surface area contributed by atoms with Gasteiger partial charge in [-0.05, 0) is 31.8 Å². The Hall–Kier alpha value is 0.270. The second kappa shape index (κ2) is 6.68. The van der Waals surface area contributed by atoms with Crippen LogP contribution in [0.2, 0.25) is 0 Å². The van der Waals surface area contributed by atoms with E-state index in [9.17, 15) is 0 Å². The number of likely N-dealkylation sites (tertiary alicyclic amines) is 1. The van der Waals surface area contributed by atoms with E-state index in [1.807, 2.05) is 11.8 Å². The smallest absolute Gasteiger partial charge is 0.00723 e. The van der Waals surface area contributed by atoms with Gasteiger partial charge in [-0.1, -0.05) is 6.92 Å². The highest BCUT2D eigenvalue weighted by molar-refractivity contribution is 7.99. The number of nitrogens with two attached hydrogens (primary N) is 1. The summed E-state index contributed by atoms with van der Waals surface area (Å²) in [4.78, 5) is 2.59. The number of rotatable bonds is 5. The summed E-state index contributed by atoms with van der Waals surface area (Å²) in [5.41, 5.74) is 5.43. The molecule has 0 amide bonds. The minimum Gasteiger partial charge on any atom is -0.330 e. The van der Waals surface area contributed by atoms with Gasteiger partial charge in [0, 0.05) is 24.6 Å². The van der Waals surface area contributed by atoms with Crippen LogP contribution in [0.1, 0.15) is 19.8 Å². The maximum atomic E-state index is 5.43. The van der Waals surface area contributed by atoms with E-state index in [0.717, 1.165) is 18.2 Å². The van der Waals surface area contributed by atoms with Crippen molar-refractivity contribution in [1.29, 1.82) is 0 Å². The van der Waals surface area contributed by atoms with Gasteiger partial charge in [-0.2, -0.15) is 11.8 Å². The van der Waals surface area contributed by atoms with Crippen LogP contribution in [0.4, 0.5) is 0 Å². The van der Waals surface area contributed by atoms with E-state index in [1.54, 1.807) is 0 Å². The largest absolute Gasteiger partial charge is 0.330 e. The van der Waals surface area contributed by atoms with Crippen molar-refractivity contribution >= 4 is 11.8 Å². The van der Waals surface area contributed by atoms with Gasteiger partial charge in [0.1, 0.15) is 0 Å². The zero-order valence-electron chi connectivity index (χ0n) is 8.67. The molecule has 1 heterocycles. The molecule has 0 spiro atoms. The predicted molar refractivity (Wildman–Crippen MR) is 61.2 cm³/mol. The first kappa shape index (κ1) is 11.3. The molecule has 1 fully saturated rings. The third-order valence-corrected chi connectivity index (χ3v) is 3.69. The van der Waals surface area contributed by atoms with Gasteiger partial charge in [-0.3, -0.25) is 0 Å². The summed E-state index contributed by atoms with van der Waals surface area (Å²) < 4.78 is 0. The van der Waals surface area contributed by atoms with Gasteiger partial charge < -0.3 is 10.6 Å². The van der Waals surface area contributed by atoms with Crippen LogP contribution in [-0.2, 0) is 0 Å². The Balaban J connectivity index is 1.96. The molecule has 0 aliphatic carbocycles. The summed E-state index contributed by atoms with van der Waals surface area (Å²) in [5.74, 6) is 3.32.